The van der Waals surface area contributed by atoms with Gasteiger partial charge in [-0.15, -0.1) is 0 Å². The van der Waals surface area contributed by atoms with Crippen molar-refractivity contribution in [3.05, 3.63) is 46.5 Å². The molecular weight excluding hydrogens is 286 g/mol. The lowest BCUT2D eigenvalue weighted by molar-refractivity contribution is -0.140. The second kappa shape index (κ2) is 6.38. The molecule has 0 spiro atoms. The Bertz CT molecular complexity index is 769. The lowest BCUT2D eigenvalue weighted by Gasteiger charge is -2.19. The molecule has 2 aromatic rings. The minimum absolute atomic E-state index is 0.182. The normalized spacial score (nSPS) is 13.5. The smallest absolute Gasteiger partial charge is 0.326 e. The van der Waals surface area contributed by atoms with E-state index in [0.717, 1.165) is 0 Å². The lowest BCUT2D eigenvalue weighted by Crippen LogP contribution is -2.46. The van der Waals surface area contributed by atoms with E-state index in [1.165, 1.54) is 16.8 Å². The van der Waals surface area contributed by atoms with Crippen LogP contribution in [0.3, 0.4) is 0 Å². The van der Waals surface area contributed by atoms with Crippen molar-refractivity contribution in [1.29, 1.82) is 0 Å². The molecule has 0 aliphatic rings. The number of aromatic nitrogens is 2. The second-order valence-electron chi connectivity index (χ2n) is 5.08. The summed E-state index contributed by atoms with van der Waals surface area (Å²) in [6.07, 6.45) is 3.26. The van der Waals surface area contributed by atoms with Gasteiger partial charge in [0.25, 0.3) is 11.5 Å². The SMILES string of the molecule is CC[C@H](C)[C@H](NC(=O)c1cnc2ccccn2c1=O)C(=O)O. The van der Waals surface area contributed by atoms with Gasteiger partial charge in [-0.1, -0.05) is 26.3 Å². The first-order chi connectivity index (χ1) is 10.5. The van der Waals surface area contributed by atoms with E-state index in [0.29, 0.717) is 12.1 Å². The molecule has 2 aromatic heterocycles. The van der Waals surface area contributed by atoms with Gasteiger partial charge in [0, 0.05) is 12.4 Å². The summed E-state index contributed by atoms with van der Waals surface area (Å²) in [4.78, 5) is 39.8. The molecule has 0 aliphatic heterocycles. The summed E-state index contributed by atoms with van der Waals surface area (Å²) in [5.74, 6) is -2.11. The Kier molecular flexibility index (Phi) is 4.55. The third-order valence-corrected chi connectivity index (χ3v) is 3.62. The summed E-state index contributed by atoms with van der Waals surface area (Å²) in [5.41, 5.74) is -0.296. The van der Waals surface area contributed by atoms with Crippen LogP contribution in [-0.2, 0) is 4.79 Å². The van der Waals surface area contributed by atoms with Gasteiger partial charge in [0.05, 0.1) is 0 Å². The molecular formula is C15H17N3O4. The zero-order chi connectivity index (χ0) is 16.3. The molecule has 0 aliphatic carbocycles. The van der Waals surface area contributed by atoms with Crippen LogP contribution in [0.4, 0.5) is 0 Å². The van der Waals surface area contributed by atoms with Crippen molar-refractivity contribution >= 4 is 17.5 Å². The molecule has 2 N–H and O–H groups in total. The summed E-state index contributed by atoms with van der Waals surface area (Å²) in [5, 5.41) is 11.6. The van der Waals surface area contributed by atoms with Gasteiger partial charge in [0.2, 0.25) is 0 Å². The van der Waals surface area contributed by atoms with E-state index >= 15 is 0 Å². The fourth-order valence-corrected chi connectivity index (χ4v) is 2.08. The van der Waals surface area contributed by atoms with Crippen molar-refractivity contribution in [3.8, 4) is 0 Å². The molecule has 7 heteroatoms. The number of amides is 1. The Morgan fingerprint density at radius 3 is 2.77 bits per heavy atom. The highest BCUT2D eigenvalue weighted by molar-refractivity contribution is 5.96. The van der Waals surface area contributed by atoms with Crippen LogP contribution in [0.5, 0.6) is 0 Å². The molecule has 2 heterocycles. The van der Waals surface area contributed by atoms with E-state index in [1.54, 1.807) is 25.1 Å². The van der Waals surface area contributed by atoms with Crippen LogP contribution in [0, 0.1) is 5.92 Å². The van der Waals surface area contributed by atoms with Gasteiger partial charge in [-0.2, -0.15) is 0 Å². The van der Waals surface area contributed by atoms with Gasteiger partial charge in [0.15, 0.2) is 0 Å². The minimum Gasteiger partial charge on any atom is -0.480 e. The standard InChI is InChI=1S/C15H17N3O4/c1-3-9(2)12(15(21)22)17-13(19)10-8-16-11-6-4-5-7-18(11)14(10)20/h4-9,12H,3H2,1-2H3,(H,17,19)(H,21,22)/t9-,12-/m0/s1. The monoisotopic (exact) mass is 303 g/mol. The lowest BCUT2D eigenvalue weighted by atomic mass is 9.99. The predicted octanol–water partition coefficient (Wildman–Crippen LogP) is 0.924. The van der Waals surface area contributed by atoms with Gasteiger partial charge in [-0.25, -0.2) is 9.78 Å². The quantitative estimate of drug-likeness (QED) is 0.855. The first kappa shape index (κ1) is 15.7. The Balaban J connectivity index is 2.35. The van der Waals surface area contributed by atoms with E-state index in [9.17, 15) is 19.5 Å². The molecule has 0 unspecified atom stereocenters. The summed E-state index contributed by atoms with van der Waals surface area (Å²) < 4.78 is 1.24. The second-order valence-corrected chi connectivity index (χ2v) is 5.08. The number of carbonyl (C=O) groups excluding carboxylic acids is 1. The zero-order valence-electron chi connectivity index (χ0n) is 12.3. The third kappa shape index (κ3) is 2.98. The Labute approximate surface area is 126 Å². The van der Waals surface area contributed by atoms with Gasteiger partial charge >= 0.3 is 5.97 Å². The number of carboxylic acid groups (broad SMARTS) is 1. The molecule has 0 saturated carbocycles. The molecule has 0 radical (unpaired) electrons. The largest absolute Gasteiger partial charge is 0.480 e. The van der Waals surface area contributed by atoms with Crippen molar-refractivity contribution in [1.82, 2.24) is 14.7 Å². The fraction of sp³-hybridized carbons (Fsp3) is 0.333. The Morgan fingerprint density at radius 1 is 1.41 bits per heavy atom. The molecule has 0 fully saturated rings. The number of carboxylic acids is 1. The first-order valence-electron chi connectivity index (χ1n) is 6.95. The molecule has 2 rings (SSSR count). The topological polar surface area (TPSA) is 101 Å². The number of aliphatic carboxylic acids is 1. The third-order valence-electron chi connectivity index (χ3n) is 3.62. The Hall–Kier alpha value is -2.70. The number of fused-ring (bicyclic) bond motifs is 1. The van der Waals surface area contributed by atoms with Gasteiger partial charge in [0.1, 0.15) is 17.3 Å². The van der Waals surface area contributed by atoms with Crippen LogP contribution < -0.4 is 10.9 Å². The molecule has 2 atom stereocenters. The molecule has 0 saturated heterocycles. The first-order valence-corrected chi connectivity index (χ1v) is 6.95. The van der Waals surface area contributed by atoms with Crippen LogP contribution in [-0.4, -0.2) is 32.4 Å². The summed E-state index contributed by atoms with van der Waals surface area (Å²) in [6, 6.07) is 3.97. The van der Waals surface area contributed by atoms with Crippen molar-refractivity contribution in [3.63, 3.8) is 0 Å². The van der Waals surface area contributed by atoms with Crippen LogP contribution in [0.25, 0.3) is 5.65 Å². The van der Waals surface area contributed by atoms with E-state index < -0.39 is 23.5 Å². The highest BCUT2D eigenvalue weighted by Crippen LogP contribution is 2.08. The van der Waals surface area contributed by atoms with Crippen molar-refractivity contribution < 1.29 is 14.7 Å². The zero-order valence-corrected chi connectivity index (χ0v) is 12.3. The van der Waals surface area contributed by atoms with Gasteiger partial charge in [-0.05, 0) is 18.1 Å². The average molecular weight is 303 g/mol. The summed E-state index contributed by atoms with van der Waals surface area (Å²) in [6.45, 7) is 3.56. The molecule has 116 valence electrons. The maximum absolute atomic E-state index is 12.3. The Morgan fingerprint density at radius 2 is 2.14 bits per heavy atom. The van der Waals surface area contributed by atoms with Crippen molar-refractivity contribution in [2.24, 2.45) is 5.92 Å². The predicted molar refractivity (Wildman–Crippen MR) is 79.8 cm³/mol. The molecule has 7 nitrogen and oxygen atoms in total. The van der Waals surface area contributed by atoms with Crippen LogP contribution in [0.2, 0.25) is 0 Å². The number of nitrogens with zero attached hydrogens (tertiary/aromatic N) is 2. The molecule has 1 amide bonds. The highest BCUT2D eigenvalue weighted by Gasteiger charge is 2.27. The molecule has 0 bridgehead atoms. The van der Waals surface area contributed by atoms with E-state index in [4.69, 9.17) is 0 Å². The van der Waals surface area contributed by atoms with Gasteiger partial charge in [-0.3, -0.25) is 14.0 Å². The van der Waals surface area contributed by atoms with Crippen molar-refractivity contribution in [2.45, 2.75) is 26.3 Å². The van der Waals surface area contributed by atoms with Crippen LogP contribution in [0.1, 0.15) is 30.6 Å². The minimum atomic E-state index is -1.13. The number of hydrogen-bond donors (Lipinski definition) is 2. The van der Waals surface area contributed by atoms with Gasteiger partial charge < -0.3 is 10.4 Å². The molecule has 22 heavy (non-hydrogen) atoms. The highest BCUT2D eigenvalue weighted by atomic mass is 16.4. The maximum Gasteiger partial charge on any atom is 0.326 e. The van der Waals surface area contributed by atoms with Crippen LogP contribution >= 0.6 is 0 Å². The fourth-order valence-electron chi connectivity index (χ4n) is 2.08. The number of hydrogen-bond acceptors (Lipinski definition) is 4. The number of pyridine rings is 1. The van der Waals surface area contributed by atoms with E-state index in [2.05, 4.69) is 10.3 Å². The van der Waals surface area contributed by atoms with E-state index in [1.807, 2.05) is 6.92 Å². The average Bonchev–Trinajstić information content (AvgIpc) is 2.52. The number of carbonyl (C=O) groups is 2. The van der Waals surface area contributed by atoms with E-state index in [-0.39, 0.29) is 11.5 Å². The number of nitrogens with one attached hydrogen (secondary N) is 1. The molecule has 0 aromatic carbocycles. The maximum atomic E-state index is 12.3. The summed E-state index contributed by atoms with van der Waals surface area (Å²) >= 11 is 0. The number of rotatable bonds is 5. The summed E-state index contributed by atoms with van der Waals surface area (Å²) in [7, 11) is 0. The van der Waals surface area contributed by atoms with Crippen LogP contribution in [0.15, 0.2) is 35.4 Å². The van der Waals surface area contributed by atoms with Crippen molar-refractivity contribution in [2.75, 3.05) is 0 Å².